The highest BCUT2D eigenvalue weighted by atomic mass is 35.5. The summed E-state index contributed by atoms with van der Waals surface area (Å²) in [5.74, 6) is 0.483. The van der Waals surface area contributed by atoms with Crippen molar-refractivity contribution in [1.29, 1.82) is 0 Å². The summed E-state index contributed by atoms with van der Waals surface area (Å²) in [5, 5.41) is 5.14. The van der Waals surface area contributed by atoms with E-state index < -0.39 is 0 Å². The number of aryl methyl sites for hydroxylation is 2. The molecule has 102 valence electrons. The molecule has 0 radical (unpaired) electrons. The Kier molecular flexibility index (Phi) is 3.02. The molecule has 20 heavy (non-hydrogen) atoms. The van der Waals surface area contributed by atoms with Crippen LogP contribution in [0.1, 0.15) is 11.4 Å². The Labute approximate surface area is 119 Å². The lowest BCUT2D eigenvalue weighted by molar-refractivity contribution is 0.709. The van der Waals surface area contributed by atoms with Gasteiger partial charge in [-0.05, 0) is 18.6 Å². The molecule has 0 atom stereocenters. The fourth-order valence-corrected chi connectivity index (χ4v) is 2.22. The molecule has 0 unspecified atom stereocenters. The van der Waals surface area contributed by atoms with Crippen LogP contribution in [-0.2, 0) is 13.6 Å². The van der Waals surface area contributed by atoms with Crippen molar-refractivity contribution < 1.29 is 0 Å². The third kappa shape index (κ3) is 2.18. The predicted octanol–water partition coefficient (Wildman–Crippen LogP) is 1.54. The lowest BCUT2D eigenvalue weighted by atomic mass is 10.3. The molecule has 3 aromatic heterocycles. The number of nitrogens with zero attached hydrogens (tertiary/aromatic N) is 5. The van der Waals surface area contributed by atoms with Crippen LogP contribution < -0.4 is 5.56 Å². The van der Waals surface area contributed by atoms with Gasteiger partial charge < -0.3 is 4.57 Å². The van der Waals surface area contributed by atoms with Crippen molar-refractivity contribution >= 4 is 22.6 Å². The van der Waals surface area contributed by atoms with Crippen LogP contribution in [0.4, 0.5) is 0 Å². The van der Waals surface area contributed by atoms with Gasteiger partial charge in [-0.3, -0.25) is 9.48 Å². The van der Waals surface area contributed by atoms with E-state index in [0.717, 1.165) is 5.56 Å². The van der Waals surface area contributed by atoms with Crippen molar-refractivity contribution in [2.24, 2.45) is 7.05 Å². The van der Waals surface area contributed by atoms with Crippen molar-refractivity contribution in [1.82, 2.24) is 24.3 Å². The Morgan fingerprint density at radius 1 is 1.35 bits per heavy atom. The average molecular weight is 290 g/mol. The molecule has 7 heteroatoms. The Morgan fingerprint density at radius 2 is 2.15 bits per heavy atom. The number of rotatable bonds is 2. The minimum atomic E-state index is -0.0881. The minimum Gasteiger partial charge on any atom is -0.308 e. The molecule has 0 N–H and O–H groups in total. The smallest absolute Gasteiger partial charge is 0.251 e. The third-order valence-corrected chi connectivity index (χ3v) is 3.34. The van der Waals surface area contributed by atoms with Crippen molar-refractivity contribution in [3.8, 4) is 0 Å². The van der Waals surface area contributed by atoms with Gasteiger partial charge in [0.15, 0.2) is 11.5 Å². The van der Waals surface area contributed by atoms with Crippen LogP contribution in [0.3, 0.4) is 0 Å². The van der Waals surface area contributed by atoms with E-state index in [9.17, 15) is 4.79 Å². The third-order valence-electron chi connectivity index (χ3n) is 3.06. The van der Waals surface area contributed by atoms with E-state index in [0.29, 0.717) is 22.0 Å². The van der Waals surface area contributed by atoms with Crippen molar-refractivity contribution in [2.75, 3.05) is 0 Å². The zero-order valence-electron chi connectivity index (χ0n) is 11.0. The quantitative estimate of drug-likeness (QED) is 0.671. The van der Waals surface area contributed by atoms with Crippen LogP contribution in [0.25, 0.3) is 11.0 Å². The minimum absolute atomic E-state index is 0.0881. The normalized spacial score (nSPS) is 11.2. The molecule has 0 aliphatic carbocycles. The van der Waals surface area contributed by atoms with Crippen LogP contribution in [-0.4, -0.2) is 24.3 Å². The van der Waals surface area contributed by atoms with Crippen molar-refractivity contribution in [2.45, 2.75) is 13.5 Å². The highest BCUT2D eigenvalue weighted by Crippen LogP contribution is 2.19. The van der Waals surface area contributed by atoms with Gasteiger partial charge in [-0.2, -0.15) is 5.10 Å². The molecule has 0 spiro atoms. The van der Waals surface area contributed by atoms with Gasteiger partial charge in [-0.15, -0.1) is 0 Å². The average Bonchev–Trinajstić information content (AvgIpc) is 2.76. The fourth-order valence-electron chi connectivity index (χ4n) is 1.99. The number of aromatic nitrogens is 5. The number of hydrogen-bond acceptors (Lipinski definition) is 4. The van der Waals surface area contributed by atoms with E-state index >= 15 is 0 Å². The molecule has 3 heterocycles. The molecule has 0 saturated carbocycles. The van der Waals surface area contributed by atoms with Crippen LogP contribution in [0.5, 0.6) is 0 Å². The van der Waals surface area contributed by atoms with Crippen LogP contribution in [0, 0.1) is 6.92 Å². The molecule has 0 fully saturated rings. The summed E-state index contributed by atoms with van der Waals surface area (Å²) >= 11 is 6.11. The number of pyridine rings is 1. The maximum Gasteiger partial charge on any atom is 0.251 e. The van der Waals surface area contributed by atoms with Gasteiger partial charge in [0.05, 0.1) is 18.1 Å². The Balaban J connectivity index is 2.06. The van der Waals surface area contributed by atoms with Gasteiger partial charge in [0.25, 0.3) is 5.56 Å². The largest absolute Gasteiger partial charge is 0.308 e. The van der Waals surface area contributed by atoms with Gasteiger partial charge in [-0.25, -0.2) is 9.97 Å². The second-order valence-corrected chi connectivity index (χ2v) is 4.96. The highest BCUT2D eigenvalue weighted by molar-refractivity contribution is 6.33. The van der Waals surface area contributed by atoms with Gasteiger partial charge in [-0.1, -0.05) is 11.6 Å². The summed E-state index contributed by atoms with van der Waals surface area (Å²) in [4.78, 5) is 20.5. The molecule has 3 rings (SSSR count). The summed E-state index contributed by atoms with van der Waals surface area (Å²) in [7, 11) is 1.79. The van der Waals surface area contributed by atoms with E-state index in [1.54, 1.807) is 34.8 Å². The fraction of sp³-hybridized carbons (Fsp3) is 0.231. The summed E-state index contributed by atoms with van der Waals surface area (Å²) in [5.41, 5.74) is 1.49. The van der Waals surface area contributed by atoms with E-state index in [4.69, 9.17) is 11.6 Å². The van der Waals surface area contributed by atoms with Crippen molar-refractivity contribution in [3.63, 3.8) is 0 Å². The van der Waals surface area contributed by atoms with E-state index in [2.05, 4.69) is 15.1 Å². The second kappa shape index (κ2) is 4.72. The summed E-state index contributed by atoms with van der Waals surface area (Å²) < 4.78 is 3.17. The first-order chi connectivity index (χ1) is 9.54. The molecule has 3 aromatic rings. The highest BCUT2D eigenvalue weighted by Gasteiger charge is 2.10. The zero-order valence-corrected chi connectivity index (χ0v) is 11.8. The summed E-state index contributed by atoms with van der Waals surface area (Å²) in [6.07, 6.45) is 3.35. The molecule has 6 nitrogen and oxygen atoms in total. The monoisotopic (exact) mass is 289 g/mol. The molecule has 0 saturated heterocycles. The first-order valence-corrected chi connectivity index (χ1v) is 6.43. The van der Waals surface area contributed by atoms with Crippen LogP contribution >= 0.6 is 11.6 Å². The van der Waals surface area contributed by atoms with E-state index in [1.165, 1.54) is 0 Å². The first-order valence-electron chi connectivity index (χ1n) is 6.06. The molecule has 0 aromatic carbocycles. The Morgan fingerprint density at radius 3 is 2.90 bits per heavy atom. The number of fused-ring (bicyclic) bond motifs is 1. The number of hydrogen-bond donors (Lipinski definition) is 0. The topological polar surface area (TPSA) is 65.6 Å². The summed E-state index contributed by atoms with van der Waals surface area (Å²) in [6.45, 7) is 2.15. The number of halogens is 1. The van der Waals surface area contributed by atoms with Crippen LogP contribution in [0.2, 0.25) is 5.15 Å². The predicted molar refractivity (Wildman–Crippen MR) is 75.9 cm³/mol. The SMILES string of the molecule is Cc1ccn(Cc2nc(Cl)c3cnn(C)c3n2)c(=O)c1. The van der Waals surface area contributed by atoms with E-state index in [1.807, 2.05) is 13.0 Å². The zero-order chi connectivity index (χ0) is 14.3. The molecular formula is C13H12ClN5O. The van der Waals surface area contributed by atoms with Gasteiger partial charge >= 0.3 is 0 Å². The molecule has 0 amide bonds. The maximum atomic E-state index is 11.9. The standard InChI is InChI=1S/C13H12ClN5O/c1-8-3-4-19(11(20)5-8)7-10-16-12(14)9-6-15-18(2)13(9)17-10/h3-6H,7H2,1-2H3. The molecular weight excluding hydrogens is 278 g/mol. The van der Waals surface area contributed by atoms with Gasteiger partial charge in [0, 0.05) is 19.3 Å². The van der Waals surface area contributed by atoms with Gasteiger partial charge in [0.1, 0.15) is 5.15 Å². The van der Waals surface area contributed by atoms with Crippen LogP contribution in [0.15, 0.2) is 29.3 Å². The summed E-state index contributed by atoms with van der Waals surface area (Å²) in [6, 6.07) is 3.44. The first kappa shape index (κ1) is 12.8. The molecule has 0 aliphatic rings. The second-order valence-electron chi connectivity index (χ2n) is 4.61. The molecule has 0 bridgehead atoms. The molecule has 0 aliphatic heterocycles. The lowest BCUT2D eigenvalue weighted by Crippen LogP contribution is -2.20. The maximum absolute atomic E-state index is 11.9. The van der Waals surface area contributed by atoms with Gasteiger partial charge in [0.2, 0.25) is 0 Å². The Bertz CT molecular complexity index is 852. The Hall–Kier alpha value is -2.21. The lowest BCUT2D eigenvalue weighted by Gasteiger charge is -2.06. The van der Waals surface area contributed by atoms with Crippen molar-refractivity contribution in [3.05, 3.63) is 51.4 Å². The van der Waals surface area contributed by atoms with E-state index in [-0.39, 0.29) is 12.1 Å².